The summed E-state index contributed by atoms with van der Waals surface area (Å²) >= 11 is 5.30. The third-order valence-electron chi connectivity index (χ3n) is 3.89. The molecular formula is C19H19BrN2OS. The van der Waals surface area contributed by atoms with Crippen LogP contribution in [0.25, 0.3) is 10.9 Å². The highest BCUT2D eigenvalue weighted by Gasteiger charge is 2.15. The summed E-state index contributed by atoms with van der Waals surface area (Å²) in [6, 6.07) is 14.6. The molecule has 1 aromatic heterocycles. The fraction of sp³-hybridized carbons (Fsp3) is 0.211. The number of likely N-dealkylation sites (N-methyl/N-ethyl adjacent to an activating group) is 1. The van der Waals surface area contributed by atoms with Crippen LogP contribution in [0.1, 0.15) is 11.1 Å². The first kappa shape index (κ1) is 17.1. The number of aryl methyl sites for hydroxylation is 1. The molecular weight excluding hydrogens is 384 g/mol. The number of benzene rings is 2. The van der Waals surface area contributed by atoms with Crippen molar-refractivity contribution in [1.29, 1.82) is 0 Å². The van der Waals surface area contributed by atoms with Crippen molar-refractivity contribution in [2.75, 3.05) is 14.1 Å². The molecule has 3 nitrogen and oxygen atoms in total. The predicted octanol–water partition coefficient (Wildman–Crippen LogP) is 4.90. The summed E-state index contributed by atoms with van der Waals surface area (Å²) < 4.78 is 3.18. The molecule has 0 bridgehead atoms. The highest BCUT2D eigenvalue weighted by molar-refractivity contribution is 9.10. The monoisotopic (exact) mass is 402 g/mol. The molecule has 24 heavy (non-hydrogen) atoms. The minimum atomic E-state index is 0.103. The van der Waals surface area contributed by atoms with Crippen LogP contribution < -0.4 is 0 Å². The molecule has 0 aliphatic rings. The van der Waals surface area contributed by atoms with Gasteiger partial charge in [-0.1, -0.05) is 35.9 Å². The number of carbonyl (C=O) groups is 1. The standard InChI is InChI=1S/C19H19BrN2OS/c1-13-7-9-15(10-8-13)24-22-12-17(20)16-6-4-5-14(19(16)22)11-18(23)21(2)3/h4-10,12H,11H2,1-3H3. The number of hydrogen-bond donors (Lipinski definition) is 0. The van der Waals surface area contributed by atoms with E-state index in [-0.39, 0.29) is 5.91 Å². The van der Waals surface area contributed by atoms with E-state index in [1.165, 1.54) is 10.5 Å². The molecule has 3 rings (SSSR count). The zero-order valence-corrected chi connectivity index (χ0v) is 16.3. The largest absolute Gasteiger partial charge is 0.349 e. The summed E-state index contributed by atoms with van der Waals surface area (Å²) in [6.45, 7) is 2.08. The van der Waals surface area contributed by atoms with Crippen LogP contribution in [-0.2, 0) is 11.2 Å². The summed E-state index contributed by atoms with van der Waals surface area (Å²) in [7, 11) is 3.58. The average molecular weight is 403 g/mol. The van der Waals surface area contributed by atoms with Gasteiger partial charge >= 0.3 is 0 Å². The average Bonchev–Trinajstić information content (AvgIpc) is 2.87. The quantitative estimate of drug-likeness (QED) is 0.619. The smallest absolute Gasteiger partial charge is 0.226 e. The number of nitrogens with zero attached hydrogens (tertiary/aromatic N) is 2. The molecule has 0 N–H and O–H groups in total. The number of halogens is 1. The van der Waals surface area contributed by atoms with Crippen LogP contribution in [0.4, 0.5) is 0 Å². The molecule has 0 aliphatic heterocycles. The summed E-state index contributed by atoms with van der Waals surface area (Å²) in [6.07, 6.45) is 2.47. The van der Waals surface area contributed by atoms with E-state index in [1.807, 2.05) is 12.1 Å². The van der Waals surface area contributed by atoms with Gasteiger partial charge in [0.2, 0.25) is 5.91 Å². The Morgan fingerprint density at radius 1 is 1.17 bits per heavy atom. The Balaban J connectivity index is 2.04. The van der Waals surface area contributed by atoms with E-state index in [1.54, 1.807) is 30.9 Å². The molecule has 0 aliphatic carbocycles. The Morgan fingerprint density at radius 3 is 2.54 bits per heavy atom. The number of aromatic nitrogens is 1. The van der Waals surface area contributed by atoms with E-state index in [0.717, 1.165) is 20.9 Å². The Morgan fingerprint density at radius 2 is 1.88 bits per heavy atom. The molecule has 0 saturated heterocycles. The van der Waals surface area contributed by atoms with Crippen molar-refractivity contribution in [3.05, 3.63) is 64.3 Å². The van der Waals surface area contributed by atoms with Gasteiger partial charge in [0.25, 0.3) is 0 Å². The number of rotatable bonds is 4. The molecule has 0 saturated carbocycles. The van der Waals surface area contributed by atoms with E-state index in [0.29, 0.717) is 6.42 Å². The van der Waals surface area contributed by atoms with E-state index >= 15 is 0 Å². The van der Waals surface area contributed by atoms with Crippen LogP contribution >= 0.6 is 27.9 Å². The number of hydrogen-bond acceptors (Lipinski definition) is 2. The Kier molecular flexibility index (Phi) is 5.01. The fourth-order valence-corrected chi connectivity index (χ4v) is 4.14. The van der Waals surface area contributed by atoms with Gasteiger partial charge in [-0.2, -0.15) is 0 Å². The molecule has 0 fully saturated rings. The molecule has 1 amide bonds. The van der Waals surface area contributed by atoms with Crippen LogP contribution in [0.2, 0.25) is 0 Å². The number of amides is 1. The van der Waals surface area contributed by atoms with Crippen LogP contribution in [0, 0.1) is 6.92 Å². The lowest BCUT2D eigenvalue weighted by Gasteiger charge is -2.12. The molecule has 0 unspecified atom stereocenters. The second-order valence-corrected chi connectivity index (χ2v) is 7.89. The summed E-state index contributed by atoms with van der Waals surface area (Å²) in [4.78, 5) is 15.0. The summed E-state index contributed by atoms with van der Waals surface area (Å²) in [5.41, 5.74) is 3.37. The molecule has 124 valence electrons. The predicted molar refractivity (Wildman–Crippen MR) is 104 cm³/mol. The fourth-order valence-electron chi connectivity index (χ4n) is 2.53. The number of para-hydroxylation sites is 1. The Bertz CT molecular complexity index is 884. The van der Waals surface area contributed by atoms with Crippen LogP contribution in [0.15, 0.2) is 58.0 Å². The summed E-state index contributed by atoms with van der Waals surface area (Å²) in [5.74, 6) is 0.103. The molecule has 5 heteroatoms. The maximum absolute atomic E-state index is 12.2. The molecule has 2 aromatic carbocycles. The first-order valence-electron chi connectivity index (χ1n) is 7.69. The highest BCUT2D eigenvalue weighted by atomic mass is 79.9. The lowest BCUT2D eigenvalue weighted by molar-refractivity contribution is -0.127. The van der Waals surface area contributed by atoms with Gasteiger partial charge in [0.15, 0.2) is 0 Å². The molecule has 0 spiro atoms. The molecule has 1 heterocycles. The van der Waals surface area contributed by atoms with Crippen LogP contribution in [-0.4, -0.2) is 28.9 Å². The number of fused-ring (bicyclic) bond motifs is 1. The molecule has 0 atom stereocenters. The summed E-state index contributed by atoms with van der Waals surface area (Å²) in [5, 5.41) is 1.12. The normalized spacial score (nSPS) is 11.0. The van der Waals surface area contributed by atoms with Gasteiger partial charge in [0.1, 0.15) is 0 Å². The van der Waals surface area contributed by atoms with Gasteiger partial charge in [-0.3, -0.25) is 8.77 Å². The van der Waals surface area contributed by atoms with E-state index in [4.69, 9.17) is 0 Å². The van der Waals surface area contributed by atoms with Gasteiger partial charge < -0.3 is 4.90 Å². The van der Waals surface area contributed by atoms with Gasteiger partial charge in [-0.05, 0) is 52.5 Å². The second kappa shape index (κ2) is 7.03. The van der Waals surface area contributed by atoms with Crippen molar-refractivity contribution in [3.63, 3.8) is 0 Å². The van der Waals surface area contributed by atoms with Crippen molar-refractivity contribution in [2.24, 2.45) is 0 Å². The van der Waals surface area contributed by atoms with Crippen molar-refractivity contribution in [1.82, 2.24) is 8.87 Å². The lowest BCUT2D eigenvalue weighted by atomic mass is 10.1. The van der Waals surface area contributed by atoms with Gasteiger partial charge in [0, 0.05) is 35.0 Å². The SMILES string of the molecule is Cc1ccc(Sn2cc(Br)c3cccc(CC(=O)N(C)C)c32)cc1. The Labute approximate surface area is 154 Å². The first-order valence-corrected chi connectivity index (χ1v) is 9.26. The first-order chi connectivity index (χ1) is 11.5. The van der Waals surface area contributed by atoms with Crippen molar-refractivity contribution >= 4 is 44.7 Å². The highest BCUT2D eigenvalue weighted by Crippen LogP contribution is 2.34. The van der Waals surface area contributed by atoms with E-state index in [9.17, 15) is 4.79 Å². The van der Waals surface area contributed by atoms with Crippen LogP contribution in [0.5, 0.6) is 0 Å². The zero-order chi connectivity index (χ0) is 17.3. The maximum Gasteiger partial charge on any atom is 0.226 e. The molecule has 0 radical (unpaired) electrons. The minimum absolute atomic E-state index is 0.103. The number of carbonyl (C=O) groups excluding carboxylic acids is 1. The van der Waals surface area contributed by atoms with E-state index < -0.39 is 0 Å². The van der Waals surface area contributed by atoms with Gasteiger partial charge in [0.05, 0.1) is 11.9 Å². The third kappa shape index (κ3) is 3.52. The zero-order valence-electron chi connectivity index (χ0n) is 13.9. The maximum atomic E-state index is 12.2. The van der Waals surface area contributed by atoms with Crippen molar-refractivity contribution in [3.8, 4) is 0 Å². The topological polar surface area (TPSA) is 25.2 Å². The lowest BCUT2D eigenvalue weighted by Crippen LogP contribution is -2.23. The van der Waals surface area contributed by atoms with Gasteiger partial charge in [-0.15, -0.1) is 0 Å². The molecule has 3 aromatic rings. The van der Waals surface area contributed by atoms with Crippen LogP contribution in [0.3, 0.4) is 0 Å². The Hall–Kier alpha value is -1.72. The third-order valence-corrected chi connectivity index (χ3v) is 5.49. The van der Waals surface area contributed by atoms with Gasteiger partial charge in [-0.25, -0.2) is 0 Å². The minimum Gasteiger partial charge on any atom is -0.349 e. The second-order valence-electron chi connectivity index (χ2n) is 5.99. The van der Waals surface area contributed by atoms with Crippen molar-refractivity contribution < 1.29 is 4.79 Å². The van der Waals surface area contributed by atoms with E-state index in [2.05, 4.69) is 63.4 Å². The van der Waals surface area contributed by atoms with Crippen molar-refractivity contribution in [2.45, 2.75) is 18.2 Å².